The van der Waals surface area contributed by atoms with Crippen molar-refractivity contribution in [3.05, 3.63) is 102 Å². The van der Waals surface area contributed by atoms with Crippen LogP contribution < -0.4 is 10.6 Å². The van der Waals surface area contributed by atoms with Gasteiger partial charge in [0.15, 0.2) is 0 Å². The zero-order valence-electron chi connectivity index (χ0n) is 20.4. The molecule has 0 saturated carbocycles. The third kappa shape index (κ3) is 7.14. The molecule has 1 amide bonds. The molecule has 1 aliphatic rings. The van der Waals surface area contributed by atoms with Crippen LogP contribution >= 0.6 is 0 Å². The Morgan fingerprint density at radius 1 is 1.13 bits per heavy atom. The Bertz CT molecular complexity index is 1240. The van der Waals surface area contributed by atoms with Gasteiger partial charge < -0.3 is 15.4 Å². The Labute approximate surface area is 217 Å². The number of hydrogen-bond acceptors (Lipinski definition) is 4. The molecule has 4 rings (SSSR count). The first-order chi connectivity index (χ1) is 18.1. The normalized spacial score (nSPS) is 18.7. The van der Waals surface area contributed by atoms with Crippen molar-refractivity contribution >= 4 is 11.6 Å². The fourth-order valence-corrected chi connectivity index (χ4v) is 4.40. The van der Waals surface area contributed by atoms with Crippen LogP contribution in [0.5, 0.6) is 0 Å². The zero-order chi connectivity index (χ0) is 27.3. The van der Waals surface area contributed by atoms with E-state index in [1.165, 1.54) is 42.6 Å². The van der Waals surface area contributed by atoms with Crippen molar-refractivity contribution in [1.29, 1.82) is 0 Å². The molecule has 1 aromatic heterocycles. The highest BCUT2D eigenvalue weighted by Gasteiger charge is 2.32. The van der Waals surface area contributed by atoms with E-state index in [1.807, 2.05) is 0 Å². The Kier molecular flexibility index (Phi) is 8.73. The van der Waals surface area contributed by atoms with Gasteiger partial charge in [-0.05, 0) is 61.2 Å². The summed E-state index contributed by atoms with van der Waals surface area (Å²) >= 11 is 0. The van der Waals surface area contributed by atoms with Crippen LogP contribution in [0.25, 0.3) is 0 Å². The first-order valence-electron chi connectivity index (χ1n) is 12.1. The second-order valence-corrected chi connectivity index (χ2v) is 9.23. The summed E-state index contributed by atoms with van der Waals surface area (Å²) in [6.07, 6.45) is -2.27. The van der Waals surface area contributed by atoms with Crippen LogP contribution in [-0.2, 0) is 22.1 Å². The van der Waals surface area contributed by atoms with Gasteiger partial charge in [-0.25, -0.2) is 8.78 Å². The lowest BCUT2D eigenvalue weighted by Crippen LogP contribution is -2.45. The monoisotopic (exact) mass is 532 g/mol. The lowest BCUT2D eigenvalue weighted by molar-refractivity contribution is -0.137. The molecule has 1 aliphatic heterocycles. The van der Waals surface area contributed by atoms with Crippen molar-refractivity contribution < 1.29 is 31.5 Å². The minimum atomic E-state index is -4.62. The number of anilines is 1. The molecule has 201 valence electrons. The summed E-state index contributed by atoms with van der Waals surface area (Å²) in [5.41, 5.74) is 0.202. The molecule has 5 nitrogen and oxygen atoms in total. The van der Waals surface area contributed by atoms with Crippen LogP contribution in [0.1, 0.15) is 41.0 Å². The standard InChI is InChI=1S/C28H27F5N3O2/c1-17-16-38-22(15-35-17)9-10-23-25(30)3-2-4-26(23)36-27(37)12-24(18-5-7-21(29)8-6-18)19-11-20(14-34-13-19)28(31,32)33/h2-8,11,13-14,17,22,24,35H,1,9-10,12,15-16H2,(H,36,37)/t17-,22+,24-/m0/s1. The predicted molar refractivity (Wildman–Crippen MR) is 132 cm³/mol. The van der Waals surface area contributed by atoms with Crippen molar-refractivity contribution in [3.8, 4) is 0 Å². The van der Waals surface area contributed by atoms with E-state index in [1.54, 1.807) is 6.07 Å². The van der Waals surface area contributed by atoms with Gasteiger partial charge in [0.2, 0.25) is 5.91 Å². The summed E-state index contributed by atoms with van der Waals surface area (Å²) < 4.78 is 74.0. The lowest BCUT2D eigenvalue weighted by atomic mass is 9.88. The molecule has 2 aromatic carbocycles. The van der Waals surface area contributed by atoms with Crippen LogP contribution in [0.4, 0.5) is 27.6 Å². The third-order valence-electron chi connectivity index (χ3n) is 6.43. The Morgan fingerprint density at radius 2 is 1.89 bits per heavy atom. The first-order valence-corrected chi connectivity index (χ1v) is 12.1. The molecule has 0 aliphatic carbocycles. The number of amides is 1. The van der Waals surface area contributed by atoms with Crippen LogP contribution in [0, 0.1) is 18.6 Å². The number of ether oxygens (including phenoxy) is 1. The molecule has 38 heavy (non-hydrogen) atoms. The quantitative estimate of drug-likeness (QED) is 0.368. The van der Waals surface area contributed by atoms with E-state index in [0.29, 0.717) is 43.3 Å². The number of nitrogens with zero attached hydrogens (tertiary/aromatic N) is 1. The van der Waals surface area contributed by atoms with Gasteiger partial charge in [0.1, 0.15) is 11.6 Å². The number of carbonyl (C=O) groups is 1. The van der Waals surface area contributed by atoms with Gasteiger partial charge >= 0.3 is 6.18 Å². The first kappa shape index (κ1) is 27.7. The molecule has 10 heteroatoms. The lowest BCUT2D eigenvalue weighted by Gasteiger charge is -2.28. The predicted octanol–water partition coefficient (Wildman–Crippen LogP) is 5.66. The number of hydrogen-bond donors (Lipinski definition) is 2. The molecule has 1 saturated heterocycles. The molecule has 0 bridgehead atoms. The van der Waals surface area contributed by atoms with Gasteiger partial charge in [-0.15, -0.1) is 0 Å². The SMILES string of the molecule is [CH2][C@H]1CO[C@H](CCc2c(F)cccc2NC(=O)C[C@@H](c2ccc(F)cc2)c2cncc(C(F)(F)F)c2)CN1. The van der Waals surface area contributed by atoms with Gasteiger partial charge in [-0.1, -0.05) is 18.2 Å². The highest BCUT2D eigenvalue weighted by molar-refractivity contribution is 5.92. The minimum Gasteiger partial charge on any atom is -0.375 e. The van der Waals surface area contributed by atoms with Crippen molar-refractivity contribution in [2.45, 2.75) is 43.5 Å². The molecule has 2 N–H and O–H groups in total. The summed E-state index contributed by atoms with van der Waals surface area (Å²) in [6.45, 7) is 4.90. The Morgan fingerprint density at radius 3 is 2.58 bits per heavy atom. The fourth-order valence-electron chi connectivity index (χ4n) is 4.40. The summed E-state index contributed by atoms with van der Waals surface area (Å²) in [5.74, 6) is -2.40. The van der Waals surface area contributed by atoms with Crippen LogP contribution in [-0.4, -0.2) is 36.2 Å². The maximum absolute atomic E-state index is 14.7. The van der Waals surface area contributed by atoms with Crippen molar-refractivity contribution in [3.63, 3.8) is 0 Å². The van der Waals surface area contributed by atoms with E-state index >= 15 is 0 Å². The second kappa shape index (κ2) is 12.0. The summed E-state index contributed by atoms with van der Waals surface area (Å²) in [4.78, 5) is 16.8. The molecule has 3 aromatic rings. The summed E-state index contributed by atoms with van der Waals surface area (Å²) in [6, 6.07) is 10.4. The number of nitrogens with one attached hydrogen (secondary N) is 2. The molecule has 2 heterocycles. The molecule has 0 spiro atoms. The molecule has 0 unspecified atom stereocenters. The van der Waals surface area contributed by atoms with Crippen LogP contribution in [0.15, 0.2) is 60.9 Å². The van der Waals surface area contributed by atoms with Gasteiger partial charge in [0.25, 0.3) is 0 Å². The molecular formula is C28H27F5N3O2. The van der Waals surface area contributed by atoms with Crippen LogP contribution in [0.3, 0.4) is 0 Å². The maximum Gasteiger partial charge on any atom is 0.417 e. The number of aromatic nitrogens is 1. The number of pyridine rings is 1. The average molecular weight is 533 g/mol. The topological polar surface area (TPSA) is 63.2 Å². The molecular weight excluding hydrogens is 505 g/mol. The van der Waals surface area contributed by atoms with Gasteiger partial charge in [0, 0.05) is 48.6 Å². The average Bonchev–Trinajstić information content (AvgIpc) is 2.88. The highest BCUT2D eigenvalue weighted by Crippen LogP contribution is 2.34. The number of halogens is 5. The third-order valence-corrected chi connectivity index (χ3v) is 6.43. The highest BCUT2D eigenvalue weighted by atomic mass is 19.4. The van der Waals surface area contributed by atoms with E-state index in [9.17, 15) is 26.7 Å². The molecule has 1 fully saturated rings. The maximum atomic E-state index is 14.7. The number of morpholine rings is 1. The zero-order valence-corrected chi connectivity index (χ0v) is 20.4. The van der Waals surface area contributed by atoms with E-state index in [-0.39, 0.29) is 29.8 Å². The summed E-state index contributed by atoms with van der Waals surface area (Å²) in [7, 11) is 0. The number of carbonyl (C=O) groups excluding carboxylic acids is 1. The molecule has 3 atom stereocenters. The summed E-state index contributed by atoms with van der Waals surface area (Å²) in [5, 5.41) is 5.91. The second-order valence-electron chi connectivity index (χ2n) is 9.23. The van der Waals surface area contributed by atoms with Crippen molar-refractivity contribution in [2.75, 3.05) is 18.5 Å². The van der Waals surface area contributed by atoms with Crippen molar-refractivity contribution in [1.82, 2.24) is 10.3 Å². The van der Waals surface area contributed by atoms with E-state index in [2.05, 4.69) is 22.5 Å². The number of alkyl halides is 3. The fraction of sp³-hybridized carbons (Fsp3) is 0.321. The largest absolute Gasteiger partial charge is 0.417 e. The number of benzene rings is 2. The van der Waals surface area contributed by atoms with Crippen molar-refractivity contribution in [2.24, 2.45) is 0 Å². The van der Waals surface area contributed by atoms with Gasteiger partial charge in [-0.3, -0.25) is 9.78 Å². The van der Waals surface area contributed by atoms with E-state index < -0.39 is 35.2 Å². The minimum absolute atomic E-state index is 0.00404. The van der Waals surface area contributed by atoms with Gasteiger partial charge in [-0.2, -0.15) is 13.2 Å². The van der Waals surface area contributed by atoms with E-state index in [4.69, 9.17) is 4.74 Å². The number of rotatable bonds is 8. The smallest absolute Gasteiger partial charge is 0.375 e. The van der Waals surface area contributed by atoms with Gasteiger partial charge in [0.05, 0.1) is 18.3 Å². The Hall–Kier alpha value is -3.37. The molecule has 1 radical (unpaired) electrons. The Balaban J connectivity index is 1.54. The van der Waals surface area contributed by atoms with E-state index in [0.717, 1.165) is 6.07 Å². The van der Waals surface area contributed by atoms with Crippen LogP contribution in [0.2, 0.25) is 0 Å².